The van der Waals surface area contributed by atoms with E-state index in [1.54, 1.807) is 18.3 Å². The SMILES string of the molecule is CC1=NN=C(c2sc3ccc(Cl)cc3c2C)c2cc3c(cc2C1)OC(=O)C(C)N3. The lowest BCUT2D eigenvalue weighted by molar-refractivity contribution is -0.135. The number of nitrogens with one attached hydrogen (secondary N) is 1. The zero-order chi connectivity index (χ0) is 20.3. The molecule has 0 saturated heterocycles. The molecule has 0 fully saturated rings. The summed E-state index contributed by atoms with van der Waals surface area (Å²) < 4.78 is 6.68. The van der Waals surface area contributed by atoms with Crippen molar-refractivity contribution in [3.63, 3.8) is 0 Å². The molecule has 2 aliphatic heterocycles. The average molecular weight is 424 g/mol. The summed E-state index contributed by atoms with van der Waals surface area (Å²) in [5, 5.41) is 14.1. The maximum atomic E-state index is 12.0. The number of esters is 1. The van der Waals surface area contributed by atoms with Gasteiger partial charge < -0.3 is 10.1 Å². The number of nitrogens with zero attached hydrogens (tertiary/aromatic N) is 2. The monoisotopic (exact) mass is 423 g/mol. The fourth-order valence-electron chi connectivity index (χ4n) is 3.76. The first-order valence-corrected chi connectivity index (χ1v) is 10.6. The topological polar surface area (TPSA) is 63.1 Å². The van der Waals surface area contributed by atoms with Crippen LogP contribution in [0.25, 0.3) is 10.1 Å². The van der Waals surface area contributed by atoms with Gasteiger partial charge in [0, 0.05) is 27.4 Å². The van der Waals surface area contributed by atoms with Crippen LogP contribution in [0.2, 0.25) is 5.02 Å². The minimum Gasteiger partial charge on any atom is -0.423 e. The number of rotatable bonds is 1. The summed E-state index contributed by atoms with van der Waals surface area (Å²) in [6.45, 7) is 5.84. The first-order chi connectivity index (χ1) is 13.9. The van der Waals surface area contributed by atoms with Crippen molar-refractivity contribution in [3.05, 3.63) is 56.9 Å². The molecule has 1 aromatic heterocycles. The molecule has 1 atom stereocenters. The first-order valence-electron chi connectivity index (χ1n) is 9.36. The van der Waals surface area contributed by atoms with Crippen molar-refractivity contribution in [2.24, 2.45) is 10.2 Å². The van der Waals surface area contributed by atoms with E-state index in [1.807, 2.05) is 37.3 Å². The normalized spacial score (nSPS) is 18.2. The van der Waals surface area contributed by atoms with E-state index in [0.29, 0.717) is 12.2 Å². The smallest absolute Gasteiger partial charge is 0.333 e. The molecule has 3 heterocycles. The van der Waals surface area contributed by atoms with E-state index < -0.39 is 6.04 Å². The van der Waals surface area contributed by atoms with Gasteiger partial charge in [0.2, 0.25) is 0 Å². The van der Waals surface area contributed by atoms with Gasteiger partial charge in [-0.25, -0.2) is 4.79 Å². The molecule has 2 aromatic carbocycles. The summed E-state index contributed by atoms with van der Waals surface area (Å²) in [5.41, 5.74) is 5.72. The third-order valence-electron chi connectivity index (χ3n) is 5.28. The van der Waals surface area contributed by atoms with Gasteiger partial charge in [-0.2, -0.15) is 5.10 Å². The van der Waals surface area contributed by atoms with Gasteiger partial charge in [0.15, 0.2) is 5.75 Å². The predicted octanol–water partition coefficient (Wildman–Crippen LogP) is 5.35. The molecule has 1 unspecified atom stereocenters. The van der Waals surface area contributed by atoms with Crippen molar-refractivity contribution in [1.29, 1.82) is 0 Å². The Labute approximate surface area is 177 Å². The van der Waals surface area contributed by atoms with Crippen molar-refractivity contribution < 1.29 is 9.53 Å². The molecular weight excluding hydrogens is 406 g/mol. The molecule has 5 nitrogen and oxygen atoms in total. The van der Waals surface area contributed by atoms with Gasteiger partial charge in [0.1, 0.15) is 11.8 Å². The number of thiophene rings is 1. The zero-order valence-corrected chi connectivity index (χ0v) is 17.7. The number of fused-ring (bicyclic) bond motifs is 3. The Morgan fingerprint density at radius 2 is 2.03 bits per heavy atom. The van der Waals surface area contributed by atoms with Gasteiger partial charge in [-0.3, -0.25) is 0 Å². The Morgan fingerprint density at radius 3 is 2.86 bits per heavy atom. The number of carbonyl (C=O) groups excluding carboxylic acids is 1. The van der Waals surface area contributed by atoms with E-state index in [4.69, 9.17) is 16.3 Å². The molecule has 0 spiro atoms. The summed E-state index contributed by atoms with van der Waals surface area (Å²) in [6.07, 6.45) is 0.651. The predicted molar refractivity (Wildman–Crippen MR) is 119 cm³/mol. The fraction of sp³-hybridized carbons (Fsp3) is 0.227. The van der Waals surface area contributed by atoms with Crippen molar-refractivity contribution in [1.82, 2.24) is 0 Å². The molecular formula is C22H18ClN3O2S. The number of hydrogen-bond acceptors (Lipinski definition) is 6. The molecule has 0 aliphatic carbocycles. The van der Waals surface area contributed by atoms with Crippen molar-refractivity contribution in [2.75, 3.05) is 5.32 Å². The van der Waals surface area contributed by atoms with Crippen molar-refractivity contribution in [3.8, 4) is 5.75 Å². The second-order valence-electron chi connectivity index (χ2n) is 7.45. The van der Waals surface area contributed by atoms with Gasteiger partial charge >= 0.3 is 5.97 Å². The summed E-state index contributed by atoms with van der Waals surface area (Å²) in [7, 11) is 0. The van der Waals surface area contributed by atoms with Crippen LogP contribution in [0.15, 0.2) is 40.5 Å². The van der Waals surface area contributed by atoms with Crippen LogP contribution >= 0.6 is 22.9 Å². The number of ether oxygens (including phenoxy) is 1. The molecule has 2 aliphatic rings. The van der Waals surface area contributed by atoms with Gasteiger partial charge in [-0.05, 0) is 67.6 Å². The van der Waals surface area contributed by atoms with Gasteiger partial charge in [-0.1, -0.05) is 11.6 Å². The lowest BCUT2D eigenvalue weighted by Gasteiger charge is -2.24. The Morgan fingerprint density at radius 1 is 1.21 bits per heavy atom. The molecule has 7 heteroatoms. The van der Waals surface area contributed by atoms with E-state index >= 15 is 0 Å². The van der Waals surface area contributed by atoms with E-state index in [9.17, 15) is 4.79 Å². The Balaban J connectivity index is 1.72. The molecule has 1 N–H and O–H groups in total. The second kappa shape index (κ2) is 6.68. The highest BCUT2D eigenvalue weighted by Gasteiger charge is 2.28. The van der Waals surface area contributed by atoms with E-state index in [-0.39, 0.29) is 5.97 Å². The lowest BCUT2D eigenvalue weighted by atomic mass is 9.95. The Bertz CT molecular complexity index is 1260. The van der Waals surface area contributed by atoms with Crippen LogP contribution in [0.5, 0.6) is 5.75 Å². The summed E-state index contributed by atoms with van der Waals surface area (Å²) in [6, 6.07) is 9.51. The van der Waals surface area contributed by atoms with Crippen molar-refractivity contribution in [2.45, 2.75) is 33.2 Å². The largest absolute Gasteiger partial charge is 0.423 e. The molecule has 3 aromatic rings. The number of benzene rings is 2. The van der Waals surface area contributed by atoms with Gasteiger partial charge in [-0.15, -0.1) is 16.4 Å². The van der Waals surface area contributed by atoms with Crippen LogP contribution in [0.3, 0.4) is 0 Å². The standard InChI is InChI=1S/C22H18ClN3O2S/c1-10-6-13-7-18-17(24-12(3)22(27)28-18)9-16(13)20(26-25-10)21-11(2)15-8-14(23)4-5-19(15)29-21/h4-5,7-9,12,24H,6H2,1-3H3. The van der Waals surface area contributed by atoms with E-state index in [1.165, 1.54) is 0 Å². The van der Waals surface area contributed by atoms with E-state index in [0.717, 1.165) is 53.8 Å². The molecule has 0 saturated carbocycles. The quantitative estimate of drug-likeness (QED) is 0.423. The third-order valence-corrected chi connectivity index (χ3v) is 6.79. The third kappa shape index (κ3) is 3.03. The molecule has 0 amide bonds. The van der Waals surface area contributed by atoms with Gasteiger partial charge in [0.05, 0.1) is 10.6 Å². The average Bonchev–Trinajstić information content (AvgIpc) is 2.90. The second-order valence-corrected chi connectivity index (χ2v) is 8.94. The highest BCUT2D eigenvalue weighted by molar-refractivity contribution is 7.21. The van der Waals surface area contributed by atoms with Crippen LogP contribution in [-0.4, -0.2) is 23.4 Å². The van der Waals surface area contributed by atoms with Crippen LogP contribution in [0.4, 0.5) is 5.69 Å². The molecule has 146 valence electrons. The number of anilines is 1. The summed E-state index contributed by atoms with van der Waals surface area (Å²) in [4.78, 5) is 13.0. The van der Waals surface area contributed by atoms with Gasteiger partial charge in [0.25, 0.3) is 0 Å². The van der Waals surface area contributed by atoms with Crippen molar-refractivity contribution >= 4 is 56.1 Å². The summed E-state index contributed by atoms with van der Waals surface area (Å²) >= 11 is 7.91. The molecule has 0 radical (unpaired) electrons. The van der Waals surface area contributed by atoms with E-state index in [2.05, 4.69) is 22.4 Å². The van der Waals surface area contributed by atoms with Crippen LogP contribution in [-0.2, 0) is 11.2 Å². The number of hydrogen-bond donors (Lipinski definition) is 1. The molecule has 29 heavy (non-hydrogen) atoms. The number of aryl methyl sites for hydroxylation is 1. The molecule has 5 rings (SSSR count). The Hall–Kier alpha value is -2.70. The number of carbonyl (C=O) groups is 1. The fourth-order valence-corrected chi connectivity index (χ4v) is 5.12. The first kappa shape index (κ1) is 18.3. The minimum absolute atomic E-state index is 0.275. The minimum atomic E-state index is -0.391. The highest BCUT2D eigenvalue weighted by atomic mass is 35.5. The zero-order valence-electron chi connectivity index (χ0n) is 16.2. The lowest BCUT2D eigenvalue weighted by Crippen LogP contribution is -2.34. The summed E-state index contributed by atoms with van der Waals surface area (Å²) in [5.74, 6) is 0.281. The number of halogens is 1. The highest BCUT2D eigenvalue weighted by Crippen LogP contribution is 2.38. The Kier molecular flexibility index (Phi) is 4.22. The molecule has 0 bridgehead atoms. The van der Waals surface area contributed by atoms with Crippen LogP contribution < -0.4 is 10.1 Å². The maximum absolute atomic E-state index is 12.0. The van der Waals surface area contributed by atoms with Crippen LogP contribution in [0.1, 0.15) is 35.4 Å². The van der Waals surface area contributed by atoms with Crippen LogP contribution in [0, 0.1) is 6.92 Å². The maximum Gasteiger partial charge on any atom is 0.333 e.